The number of guanidine groups is 1. The van der Waals surface area contributed by atoms with E-state index in [1.54, 1.807) is 74.5 Å². The fourth-order valence-electron chi connectivity index (χ4n) is 9.38. The number of nitrogens with two attached hydrogens (primary N) is 6. The predicted octanol–water partition coefficient (Wildman–Crippen LogP) is -3.19. The van der Waals surface area contributed by atoms with E-state index < -0.39 is 145 Å². The number of amides is 9. The van der Waals surface area contributed by atoms with Gasteiger partial charge in [0.25, 0.3) is 0 Å². The number of aliphatic carboxylic acids is 2. The summed E-state index contributed by atoms with van der Waals surface area (Å²) in [5.41, 5.74) is 36.3. The number of carbonyl (C=O) groups is 11. The summed E-state index contributed by atoms with van der Waals surface area (Å²) in [6, 6.07) is 5.44. The van der Waals surface area contributed by atoms with Crippen molar-refractivity contribution in [2.45, 2.75) is 171 Å². The van der Waals surface area contributed by atoms with Crippen LogP contribution in [0.3, 0.4) is 0 Å². The van der Waals surface area contributed by atoms with Crippen molar-refractivity contribution in [2.75, 3.05) is 32.7 Å². The number of H-pyrrole nitrogens is 1. The molecule has 0 aliphatic heterocycles. The van der Waals surface area contributed by atoms with E-state index in [2.05, 4.69) is 62.8 Å². The van der Waals surface area contributed by atoms with E-state index in [0.29, 0.717) is 56.3 Å². The zero-order valence-corrected chi connectivity index (χ0v) is 51.8. The molecule has 24 N–H and O–H groups in total. The second-order valence-corrected chi connectivity index (χ2v) is 22.3. The number of aromatic amines is 1. The molecule has 0 saturated heterocycles. The number of benzene rings is 2. The Hall–Kier alpha value is -9.07. The molecule has 0 bridgehead atoms. The average molecular weight is 1280 g/mol. The van der Waals surface area contributed by atoms with Gasteiger partial charge in [0.1, 0.15) is 48.3 Å². The highest BCUT2D eigenvalue weighted by Gasteiger charge is 2.35. The third kappa shape index (κ3) is 29.9. The Kier molecular flexibility index (Phi) is 35.2. The molecular weight excluding hydrogens is 1180 g/mol. The molecule has 31 nitrogen and oxygen atoms in total. The van der Waals surface area contributed by atoms with Crippen LogP contribution < -0.4 is 82.3 Å². The van der Waals surface area contributed by atoms with E-state index in [1.165, 1.54) is 12.5 Å². The molecule has 0 aliphatic rings. The van der Waals surface area contributed by atoms with Gasteiger partial charge in [0.15, 0.2) is 5.96 Å². The Morgan fingerprint density at radius 1 is 0.505 bits per heavy atom. The molecule has 1 aromatic heterocycles. The van der Waals surface area contributed by atoms with Gasteiger partial charge in [0.05, 0.1) is 18.9 Å². The second kappa shape index (κ2) is 42.0. The molecule has 31 heteroatoms. The smallest absolute Gasteiger partial charge is 0.326 e. The molecular formula is C60H94N18O13. The highest BCUT2D eigenvalue weighted by molar-refractivity contribution is 5.98. The molecule has 2 aromatic carbocycles. The van der Waals surface area contributed by atoms with Crippen molar-refractivity contribution in [1.29, 1.82) is 0 Å². The van der Waals surface area contributed by atoms with Gasteiger partial charge in [-0.15, -0.1) is 0 Å². The minimum atomic E-state index is -1.51. The van der Waals surface area contributed by atoms with Crippen molar-refractivity contribution in [1.82, 2.24) is 57.8 Å². The number of hydrogen-bond acceptors (Lipinski definition) is 17. The highest BCUT2D eigenvalue weighted by atomic mass is 16.4. The Bertz CT molecular complexity index is 2810. The first-order valence-corrected chi connectivity index (χ1v) is 30.6. The maximum atomic E-state index is 14.6. The van der Waals surface area contributed by atoms with Crippen molar-refractivity contribution in [3.63, 3.8) is 0 Å². The van der Waals surface area contributed by atoms with Gasteiger partial charge in [-0.25, -0.2) is 9.78 Å². The second-order valence-electron chi connectivity index (χ2n) is 22.3. The Morgan fingerprint density at radius 2 is 0.945 bits per heavy atom. The molecule has 502 valence electrons. The number of nitrogens with one attached hydrogen (secondary N) is 10. The van der Waals surface area contributed by atoms with E-state index in [0.717, 1.165) is 5.56 Å². The van der Waals surface area contributed by atoms with Gasteiger partial charge >= 0.3 is 11.9 Å². The largest absolute Gasteiger partial charge is 0.481 e. The average Bonchev–Trinajstić information content (AvgIpc) is 2.20. The minimum absolute atomic E-state index is 0.00226. The number of carbonyl (C=O) groups excluding carboxylic acids is 9. The third-order valence-corrected chi connectivity index (χ3v) is 14.4. The lowest BCUT2D eigenvalue weighted by Gasteiger charge is -2.28. The van der Waals surface area contributed by atoms with Crippen molar-refractivity contribution in [2.24, 2.45) is 45.3 Å². The predicted molar refractivity (Wildman–Crippen MR) is 337 cm³/mol. The molecule has 0 radical (unpaired) electrons. The molecule has 0 spiro atoms. The van der Waals surface area contributed by atoms with Crippen LogP contribution in [0.25, 0.3) is 0 Å². The van der Waals surface area contributed by atoms with E-state index in [9.17, 15) is 63.0 Å². The Morgan fingerprint density at radius 3 is 1.41 bits per heavy atom. The monoisotopic (exact) mass is 1270 g/mol. The molecule has 91 heavy (non-hydrogen) atoms. The number of unbranched alkanes of at least 4 members (excludes halogenated alkanes) is 3. The van der Waals surface area contributed by atoms with Crippen LogP contribution in [0.2, 0.25) is 0 Å². The number of imidazole rings is 1. The SMILES string of the molecule is CC(C)[C@H](NC(=O)[C@@H](N)Cc1ccccc1)C(=O)N[C@@H](CCC(=O)O)C(=O)NCC(=O)N[C@@H](Cc1ccccc1)C(=O)N[C@@H](CCCCN)C(=O)N[C@@H](CCCN=C(N)N)C(=O)N[C@@H](CCCCN)C(=O)N[C@@H](Cc1cnc[nH]1)C(=O)N[C@@H](CCCCN)C(=O)O. The number of carboxylic acids is 2. The molecule has 3 aromatic rings. The minimum Gasteiger partial charge on any atom is -0.481 e. The molecule has 1 heterocycles. The van der Waals surface area contributed by atoms with Crippen LogP contribution in [0.15, 0.2) is 78.2 Å². The number of aliphatic imine (C=N–C) groups is 1. The van der Waals surface area contributed by atoms with E-state index in [-0.39, 0.29) is 77.0 Å². The molecule has 0 fully saturated rings. The van der Waals surface area contributed by atoms with Crippen LogP contribution in [0.5, 0.6) is 0 Å². The molecule has 0 aliphatic carbocycles. The fourth-order valence-corrected chi connectivity index (χ4v) is 9.38. The third-order valence-electron chi connectivity index (χ3n) is 14.4. The van der Waals surface area contributed by atoms with E-state index in [4.69, 9.17) is 34.4 Å². The van der Waals surface area contributed by atoms with Crippen molar-refractivity contribution in [3.05, 3.63) is 90.0 Å². The maximum Gasteiger partial charge on any atom is 0.326 e. The van der Waals surface area contributed by atoms with Crippen molar-refractivity contribution >= 4 is 71.1 Å². The first kappa shape index (κ1) is 76.2. The molecule has 9 atom stereocenters. The number of hydrogen-bond donors (Lipinski definition) is 18. The van der Waals surface area contributed by atoms with Crippen LogP contribution in [0.4, 0.5) is 0 Å². The highest BCUT2D eigenvalue weighted by Crippen LogP contribution is 2.13. The van der Waals surface area contributed by atoms with Gasteiger partial charge in [-0.1, -0.05) is 74.5 Å². The van der Waals surface area contributed by atoms with Crippen LogP contribution in [0.1, 0.15) is 114 Å². The summed E-state index contributed by atoms with van der Waals surface area (Å²) in [6.45, 7) is 3.27. The summed E-state index contributed by atoms with van der Waals surface area (Å²) in [5.74, 6) is -10.9. The fraction of sp³-hybridized carbons (Fsp3) is 0.550. The van der Waals surface area contributed by atoms with Crippen molar-refractivity contribution in [3.8, 4) is 0 Å². The first-order chi connectivity index (χ1) is 43.5. The van der Waals surface area contributed by atoms with Crippen LogP contribution in [-0.4, -0.2) is 178 Å². The number of aromatic nitrogens is 2. The lowest BCUT2D eigenvalue weighted by atomic mass is 10.0. The van der Waals surface area contributed by atoms with Crippen LogP contribution in [-0.2, 0) is 72.0 Å². The van der Waals surface area contributed by atoms with Gasteiger partial charge in [-0.05, 0) is 120 Å². The lowest BCUT2D eigenvalue weighted by Crippen LogP contribution is -2.60. The number of rotatable bonds is 45. The summed E-state index contributed by atoms with van der Waals surface area (Å²) in [6.07, 6.45) is 4.03. The molecule has 0 saturated carbocycles. The zero-order valence-electron chi connectivity index (χ0n) is 51.8. The molecule has 9 amide bonds. The summed E-state index contributed by atoms with van der Waals surface area (Å²) >= 11 is 0. The van der Waals surface area contributed by atoms with Gasteiger partial charge in [-0.2, -0.15) is 0 Å². The van der Waals surface area contributed by atoms with Gasteiger partial charge in [0, 0.05) is 37.7 Å². The maximum absolute atomic E-state index is 14.6. The topological polar surface area (TPSA) is 534 Å². The zero-order chi connectivity index (χ0) is 67.3. The summed E-state index contributed by atoms with van der Waals surface area (Å²) in [7, 11) is 0. The number of nitrogens with zero attached hydrogens (tertiary/aromatic N) is 2. The summed E-state index contributed by atoms with van der Waals surface area (Å²) in [4.78, 5) is 161. The Labute approximate surface area is 529 Å². The van der Waals surface area contributed by atoms with E-state index in [1.807, 2.05) is 0 Å². The normalized spacial score (nSPS) is 14.0. The lowest BCUT2D eigenvalue weighted by molar-refractivity contribution is -0.142. The summed E-state index contributed by atoms with van der Waals surface area (Å²) in [5, 5.41) is 42.8. The molecule has 0 unspecified atom stereocenters. The first-order valence-electron chi connectivity index (χ1n) is 30.6. The van der Waals surface area contributed by atoms with Gasteiger partial charge in [0.2, 0.25) is 53.2 Å². The number of carboxylic acid groups (broad SMARTS) is 2. The van der Waals surface area contributed by atoms with Crippen LogP contribution >= 0.6 is 0 Å². The molecule has 3 rings (SSSR count). The quantitative estimate of drug-likeness (QED) is 0.0151. The van der Waals surface area contributed by atoms with E-state index >= 15 is 0 Å². The van der Waals surface area contributed by atoms with Gasteiger partial charge in [-0.3, -0.25) is 52.9 Å². The summed E-state index contributed by atoms with van der Waals surface area (Å²) < 4.78 is 0. The Balaban J connectivity index is 1.90. The van der Waals surface area contributed by atoms with Crippen LogP contribution in [0, 0.1) is 5.92 Å². The van der Waals surface area contributed by atoms with Gasteiger partial charge < -0.3 is 97.5 Å². The standard InChI is InChI=1S/C60H94N18O13/c1-36(2)50(78-51(82)40(64)30-37-16-5-3-6-17-37)58(89)75-44(24-25-49(80)81)52(83)69-34-48(79)71-46(31-38-18-7-4-8-19-38)56(87)74-41(20-9-12-26-61)53(84)73-43(23-15-29-68-60(65)66)54(85)72-42(21-10-13-27-62)55(86)77-47(32-39-33-67-35-70-39)57(88)76-45(59(90)91)22-11-14-28-63/h3-8,16-19,33,35-36,40-47,50H,9-15,20-32,34,61-64H2,1-2H3,(H,67,70)(H,69,83)(H,71,79)(H,72,85)(H,73,84)(H,74,87)(H,75,89)(H,76,88)(H,77,86)(H,78,82)(H,80,81)(H,90,91)(H4,65,66,68)/t40-,41-,42-,43-,44-,45-,46-,47-,50-/m0/s1. The van der Waals surface area contributed by atoms with Crippen molar-refractivity contribution < 1.29 is 63.0 Å².